The number of aromatic amines is 1. The summed E-state index contributed by atoms with van der Waals surface area (Å²) in [7, 11) is 0. The molecule has 0 aliphatic carbocycles. The zero-order valence-corrected chi connectivity index (χ0v) is 16.3. The number of halogens is 1. The number of fused-ring (bicyclic) bond motifs is 2. The monoisotopic (exact) mass is 419 g/mol. The summed E-state index contributed by atoms with van der Waals surface area (Å²) < 4.78 is 1.11. The Labute approximate surface area is 165 Å². The second-order valence-corrected chi connectivity index (χ2v) is 7.78. The summed E-state index contributed by atoms with van der Waals surface area (Å²) in [6.45, 7) is 2.77. The fourth-order valence-electron chi connectivity index (χ4n) is 3.65. The van der Waals surface area contributed by atoms with Crippen LogP contribution in [0, 0.1) is 0 Å². The minimum Gasteiger partial charge on any atom is -0.361 e. The molecule has 0 saturated heterocycles. The topological polar surface area (TPSA) is 57.7 Å². The van der Waals surface area contributed by atoms with E-state index in [1.54, 1.807) is 12.4 Å². The van der Waals surface area contributed by atoms with Gasteiger partial charge in [-0.25, -0.2) is 9.97 Å². The van der Waals surface area contributed by atoms with Gasteiger partial charge in [0.15, 0.2) is 5.82 Å². The van der Waals surface area contributed by atoms with E-state index in [0.29, 0.717) is 0 Å². The molecule has 3 aromatic heterocycles. The number of benzene rings is 1. The molecule has 4 heterocycles. The Morgan fingerprint density at radius 3 is 2.93 bits per heavy atom. The highest BCUT2D eigenvalue weighted by Gasteiger charge is 2.20. The molecule has 1 aliphatic heterocycles. The van der Waals surface area contributed by atoms with Crippen LogP contribution in [-0.4, -0.2) is 31.4 Å². The molecule has 0 bridgehead atoms. The first-order chi connectivity index (χ1) is 13.3. The van der Waals surface area contributed by atoms with Crippen LogP contribution < -0.4 is 0 Å². The lowest BCUT2D eigenvalue weighted by atomic mass is 10.1. The van der Waals surface area contributed by atoms with Crippen molar-refractivity contribution in [2.24, 2.45) is 0 Å². The fourth-order valence-corrected chi connectivity index (χ4v) is 4.02. The van der Waals surface area contributed by atoms with Crippen LogP contribution >= 0.6 is 15.9 Å². The van der Waals surface area contributed by atoms with Gasteiger partial charge in [-0.2, -0.15) is 0 Å². The van der Waals surface area contributed by atoms with E-state index in [9.17, 15) is 0 Å². The zero-order valence-electron chi connectivity index (χ0n) is 14.7. The summed E-state index contributed by atoms with van der Waals surface area (Å²) >= 11 is 3.58. The van der Waals surface area contributed by atoms with Crippen molar-refractivity contribution in [3.63, 3.8) is 0 Å². The number of pyridine rings is 1. The SMILES string of the molecule is Brc1ccc2[nH]cc(CN3CCc4cnc(-c5ccncc5)nc4C3)c2c1. The van der Waals surface area contributed by atoms with E-state index in [4.69, 9.17) is 4.98 Å². The molecule has 0 atom stereocenters. The van der Waals surface area contributed by atoms with Crippen LogP contribution in [0.2, 0.25) is 0 Å². The predicted molar refractivity (Wildman–Crippen MR) is 109 cm³/mol. The molecule has 0 unspecified atom stereocenters. The molecular formula is C21H18BrN5. The van der Waals surface area contributed by atoms with Gasteiger partial charge >= 0.3 is 0 Å². The third-order valence-corrected chi connectivity index (χ3v) is 5.58. The van der Waals surface area contributed by atoms with Crippen LogP contribution in [0.3, 0.4) is 0 Å². The molecular weight excluding hydrogens is 402 g/mol. The Balaban J connectivity index is 1.41. The minimum absolute atomic E-state index is 0.772. The minimum atomic E-state index is 0.772. The Bertz CT molecular complexity index is 1110. The average molecular weight is 420 g/mol. The van der Waals surface area contributed by atoms with Crippen LogP contribution in [0.25, 0.3) is 22.3 Å². The summed E-state index contributed by atoms with van der Waals surface area (Å²) in [4.78, 5) is 19.3. The number of hydrogen-bond acceptors (Lipinski definition) is 4. The maximum atomic E-state index is 4.84. The van der Waals surface area contributed by atoms with Crippen molar-refractivity contribution in [1.29, 1.82) is 0 Å². The van der Waals surface area contributed by atoms with Crippen molar-refractivity contribution in [3.05, 3.63) is 76.4 Å². The van der Waals surface area contributed by atoms with Crippen LogP contribution in [0.4, 0.5) is 0 Å². The molecule has 0 spiro atoms. The molecule has 1 N–H and O–H groups in total. The number of nitrogens with zero attached hydrogens (tertiary/aromatic N) is 4. The van der Waals surface area contributed by atoms with Crippen LogP contribution in [-0.2, 0) is 19.5 Å². The van der Waals surface area contributed by atoms with Gasteiger partial charge < -0.3 is 4.98 Å². The van der Waals surface area contributed by atoms with Crippen molar-refractivity contribution in [2.45, 2.75) is 19.5 Å². The average Bonchev–Trinajstić information content (AvgIpc) is 3.10. The van der Waals surface area contributed by atoms with Gasteiger partial charge in [-0.1, -0.05) is 15.9 Å². The highest BCUT2D eigenvalue weighted by Crippen LogP contribution is 2.26. The van der Waals surface area contributed by atoms with E-state index in [1.165, 1.54) is 22.0 Å². The molecule has 0 radical (unpaired) electrons. The molecule has 1 aromatic carbocycles. The normalized spacial score (nSPS) is 14.4. The molecule has 5 rings (SSSR count). The zero-order chi connectivity index (χ0) is 18.2. The lowest BCUT2D eigenvalue weighted by molar-refractivity contribution is 0.242. The van der Waals surface area contributed by atoms with Gasteiger partial charge in [0.25, 0.3) is 0 Å². The van der Waals surface area contributed by atoms with Crippen molar-refractivity contribution in [3.8, 4) is 11.4 Å². The summed E-state index contributed by atoms with van der Waals surface area (Å²) in [6, 6.07) is 10.3. The maximum absolute atomic E-state index is 4.84. The highest BCUT2D eigenvalue weighted by molar-refractivity contribution is 9.10. The fraction of sp³-hybridized carbons (Fsp3) is 0.190. The number of H-pyrrole nitrogens is 1. The van der Waals surface area contributed by atoms with Crippen LogP contribution in [0.5, 0.6) is 0 Å². The summed E-state index contributed by atoms with van der Waals surface area (Å²) in [5.41, 5.74) is 5.88. The van der Waals surface area contributed by atoms with E-state index in [-0.39, 0.29) is 0 Å². The first kappa shape index (κ1) is 16.6. The second kappa shape index (κ2) is 6.87. The molecule has 134 valence electrons. The largest absolute Gasteiger partial charge is 0.361 e. The Morgan fingerprint density at radius 2 is 2.04 bits per heavy atom. The number of aromatic nitrogens is 4. The van der Waals surface area contributed by atoms with Crippen LogP contribution in [0.1, 0.15) is 16.8 Å². The van der Waals surface area contributed by atoms with E-state index in [2.05, 4.69) is 60.2 Å². The van der Waals surface area contributed by atoms with Crippen molar-refractivity contribution in [2.75, 3.05) is 6.54 Å². The third-order valence-electron chi connectivity index (χ3n) is 5.09. The standard InChI is InChI=1S/C21H18BrN5/c22-17-1-2-19-18(9-17)16(11-24-19)12-27-8-5-15-10-25-21(26-20(15)13-27)14-3-6-23-7-4-14/h1-4,6-7,9-11,24H,5,8,12-13H2. The van der Waals surface area contributed by atoms with Gasteiger partial charge in [0.05, 0.1) is 5.69 Å². The Morgan fingerprint density at radius 1 is 1.15 bits per heavy atom. The lowest BCUT2D eigenvalue weighted by Gasteiger charge is -2.27. The van der Waals surface area contributed by atoms with E-state index in [0.717, 1.165) is 47.6 Å². The second-order valence-electron chi connectivity index (χ2n) is 6.87. The lowest BCUT2D eigenvalue weighted by Crippen LogP contribution is -2.31. The summed E-state index contributed by atoms with van der Waals surface area (Å²) in [5, 5.41) is 1.27. The quantitative estimate of drug-likeness (QED) is 0.536. The molecule has 1 aliphatic rings. The summed E-state index contributed by atoms with van der Waals surface area (Å²) in [5.74, 6) is 0.772. The van der Waals surface area contributed by atoms with Gasteiger partial charge in [0.1, 0.15) is 0 Å². The first-order valence-electron chi connectivity index (χ1n) is 8.99. The molecule has 4 aromatic rings. The molecule has 5 nitrogen and oxygen atoms in total. The molecule has 6 heteroatoms. The third kappa shape index (κ3) is 3.26. The molecule has 0 amide bonds. The highest BCUT2D eigenvalue weighted by atomic mass is 79.9. The van der Waals surface area contributed by atoms with E-state index >= 15 is 0 Å². The number of rotatable bonds is 3. The predicted octanol–water partition coefficient (Wildman–Crippen LogP) is 4.34. The Hall–Kier alpha value is -2.57. The van der Waals surface area contributed by atoms with E-state index < -0.39 is 0 Å². The first-order valence-corrected chi connectivity index (χ1v) is 9.78. The summed E-state index contributed by atoms with van der Waals surface area (Å²) in [6.07, 6.45) is 8.64. The molecule has 27 heavy (non-hydrogen) atoms. The van der Waals surface area contributed by atoms with Crippen molar-refractivity contribution >= 4 is 26.8 Å². The van der Waals surface area contributed by atoms with Gasteiger partial charge in [-0.15, -0.1) is 0 Å². The number of nitrogens with one attached hydrogen (secondary N) is 1. The van der Waals surface area contributed by atoms with Gasteiger partial charge in [-0.3, -0.25) is 9.88 Å². The van der Waals surface area contributed by atoms with E-state index in [1.807, 2.05) is 18.3 Å². The smallest absolute Gasteiger partial charge is 0.159 e. The van der Waals surface area contributed by atoms with Gasteiger partial charge in [0.2, 0.25) is 0 Å². The van der Waals surface area contributed by atoms with Crippen molar-refractivity contribution < 1.29 is 0 Å². The van der Waals surface area contributed by atoms with Crippen LogP contribution in [0.15, 0.2) is 59.6 Å². The molecule has 0 fully saturated rings. The van der Waals surface area contributed by atoms with Gasteiger partial charge in [0, 0.05) is 65.4 Å². The van der Waals surface area contributed by atoms with Gasteiger partial charge in [-0.05, 0) is 47.9 Å². The molecule has 0 saturated carbocycles. The Kier molecular flexibility index (Phi) is 4.22. The van der Waals surface area contributed by atoms with Crippen molar-refractivity contribution in [1.82, 2.24) is 24.8 Å². The maximum Gasteiger partial charge on any atom is 0.159 e. The number of hydrogen-bond donors (Lipinski definition) is 1.